The highest BCUT2D eigenvalue weighted by Crippen LogP contribution is 2.20. The lowest BCUT2D eigenvalue weighted by molar-refractivity contribution is 0.122. The van der Waals surface area contributed by atoms with E-state index in [2.05, 4.69) is 9.88 Å². The molecule has 1 aromatic heterocycles. The number of pyridine rings is 1. The zero-order chi connectivity index (χ0) is 16.8. The first kappa shape index (κ1) is 16.9. The molecule has 1 aromatic carbocycles. The number of rotatable bonds is 6. The van der Waals surface area contributed by atoms with Crippen molar-refractivity contribution in [3.8, 4) is 0 Å². The van der Waals surface area contributed by atoms with Crippen LogP contribution in [-0.4, -0.2) is 46.6 Å². The topological polar surface area (TPSA) is 65.9 Å². The molecule has 1 saturated heterocycles. The predicted molar refractivity (Wildman–Crippen MR) is 95.5 cm³/mol. The van der Waals surface area contributed by atoms with E-state index in [0.717, 1.165) is 24.5 Å². The molecule has 2 heterocycles. The van der Waals surface area contributed by atoms with Crippen LogP contribution in [0.25, 0.3) is 0 Å². The van der Waals surface area contributed by atoms with Crippen molar-refractivity contribution in [3.63, 3.8) is 0 Å². The van der Waals surface area contributed by atoms with Crippen LogP contribution in [0.3, 0.4) is 0 Å². The molecule has 0 aliphatic carbocycles. The standard InChI is InChI=1S/C17H21N3O3S/c21-24(22)20(9-8-15-4-2-1-3-5-15)16-6-7-17(18-14-16)19-10-12-23-13-11-19/h1-7,14H,8-13H2,(H,21,22). The molecular weight excluding hydrogens is 326 g/mol. The second-order valence-corrected chi connectivity index (χ2v) is 6.44. The van der Waals surface area contributed by atoms with Gasteiger partial charge in [-0.1, -0.05) is 30.3 Å². The van der Waals surface area contributed by atoms with Gasteiger partial charge in [0.2, 0.25) is 0 Å². The Labute approximate surface area is 144 Å². The van der Waals surface area contributed by atoms with Crippen molar-refractivity contribution >= 4 is 22.8 Å². The lowest BCUT2D eigenvalue weighted by atomic mass is 10.1. The van der Waals surface area contributed by atoms with E-state index in [9.17, 15) is 8.76 Å². The van der Waals surface area contributed by atoms with E-state index in [1.165, 1.54) is 4.31 Å². The van der Waals surface area contributed by atoms with E-state index < -0.39 is 11.3 Å². The fourth-order valence-corrected chi connectivity index (χ4v) is 3.21. The Morgan fingerprint density at radius 3 is 2.54 bits per heavy atom. The molecule has 0 spiro atoms. The SMILES string of the molecule is O=S(O)N(CCc1ccccc1)c1ccc(N2CCOCC2)nc1. The highest BCUT2D eigenvalue weighted by atomic mass is 32.2. The van der Waals surface area contributed by atoms with Crippen LogP contribution in [0.15, 0.2) is 48.7 Å². The lowest BCUT2D eigenvalue weighted by Crippen LogP contribution is -2.36. The first-order valence-corrected chi connectivity index (χ1v) is 9.01. The van der Waals surface area contributed by atoms with E-state index in [4.69, 9.17) is 4.74 Å². The van der Waals surface area contributed by atoms with Crippen molar-refractivity contribution in [2.75, 3.05) is 42.1 Å². The molecule has 1 N–H and O–H groups in total. The third-order valence-corrected chi connectivity index (χ3v) is 4.76. The number of hydrogen-bond acceptors (Lipinski definition) is 4. The van der Waals surface area contributed by atoms with E-state index in [1.54, 1.807) is 6.20 Å². The van der Waals surface area contributed by atoms with Crippen LogP contribution in [-0.2, 0) is 22.4 Å². The van der Waals surface area contributed by atoms with Gasteiger partial charge in [-0.15, -0.1) is 0 Å². The molecule has 1 fully saturated rings. The number of nitrogens with zero attached hydrogens (tertiary/aromatic N) is 3. The number of benzene rings is 1. The Kier molecular flexibility index (Phi) is 5.79. The van der Waals surface area contributed by atoms with Crippen molar-refractivity contribution in [2.24, 2.45) is 0 Å². The Balaban J connectivity index is 1.68. The Morgan fingerprint density at radius 2 is 1.92 bits per heavy atom. The van der Waals surface area contributed by atoms with Crippen LogP contribution in [0, 0.1) is 0 Å². The van der Waals surface area contributed by atoms with E-state index in [1.807, 2.05) is 42.5 Å². The number of hydrogen-bond donors (Lipinski definition) is 1. The minimum absolute atomic E-state index is 0.450. The molecule has 0 saturated carbocycles. The van der Waals surface area contributed by atoms with Gasteiger partial charge in [0.1, 0.15) is 5.82 Å². The van der Waals surface area contributed by atoms with Gasteiger partial charge in [0.15, 0.2) is 0 Å². The fraction of sp³-hybridized carbons (Fsp3) is 0.353. The normalized spacial score (nSPS) is 16.0. The van der Waals surface area contributed by atoms with Gasteiger partial charge >= 0.3 is 0 Å². The molecule has 128 valence electrons. The zero-order valence-corrected chi connectivity index (χ0v) is 14.2. The van der Waals surface area contributed by atoms with Gasteiger partial charge in [0.25, 0.3) is 11.3 Å². The predicted octanol–water partition coefficient (Wildman–Crippen LogP) is 2.10. The van der Waals surface area contributed by atoms with Crippen molar-refractivity contribution in [1.29, 1.82) is 0 Å². The van der Waals surface area contributed by atoms with Gasteiger partial charge in [-0.2, -0.15) is 0 Å². The van der Waals surface area contributed by atoms with E-state index >= 15 is 0 Å². The van der Waals surface area contributed by atoms with Gasteiger partial charge in [-0.3, -0.25) is 8.86 Å². The Hall–Kier alpha value is -1.96. The van der Waals surface area contributed by atoms with Crippen molar-refractivity contribution in [1.82, 2.24) is 4.98 Å². The van der Waals surface area contributed by atoms with E-state index in [0.29, 0.717) is 31.9 Å². The Morgan fingerprint density at radius 1 is 1.17 bits per heavy atom. The van der Waals surface area contributed by atoms with E-state index in [-0.39, 0.29) is 0 Å². The molecule has 1 aliphatic rings. The smallest absolute Gasteiger partial charge is 0.261 e. The van der Waals surface area contributed by atoms with Crippen LogP contribution in [0.4, 0.5) is 11.5 Å². The summed E-state index contributed by atoms with van der Waals surface area (Å²) in [5, 5.41) is 0. The summed E-state index contributed by atoms with van der Waals surface area (Å²) in [5.41, 5.74) is 1.77. The summed E-state index contributed by atoms with van der Waals surface area (Å²) >= 11 is -2.08. The summed E-state index contributed by atoms with van der Waals surface area (Å²) in [5.74, 6) is 0.869. The number of morpholine rings is 1. The molecule has 6 nitrogen and oxygen atoms in total. The van der Waals surface area contributed by atoms with Crippen LogP contribution in [0.1, 0.15) is 5.56 Å². The maximum absolute atomic E-state index is 11.7. The van der Waals surface area contributed by atoms with Crippen LogP contribution < -0.4 is 9.21 Å². The average Bonchev–Trinajstić information content (AvgIpc) is 2.64. The quantitative estimate of drug-likeness (QED) is 0.811. The Bertz CT molecular complexity index is 661. The molecule has 0 bridgehead atoms. The summed E-state index contributed by atoms with van der Waals surface area (Å²) < 4.78 is 28.1. The van der Waals surface area contributed by atoms with Gasteiger partial charge in [0, 0.05) is 19.6 Å². The minimum atomic E-state index is -2.08. The zero-order valence-electron chi connectivity index (χ0n) is 13.4. The molecular formula is C17H21N3O3S. The number of ether oxygens (including phenoxy) is 1. The van der Waals surface area contributed by atoms with Crippen molar-refractivity contribution < 1.29 is 13.5 Å². The minimum Gasteiger partial charge on any atom is -0.378 e. The third-order valence-electron chi connectivity index (χ3n) is 3.99. The maximum Gasteiger partial charge on any atom is 0.261 e. The van der Waals surface area contributed by atoms with Crippen LogP contribution in [0.5, 0.6) is 0 Å². The van der Waals surface area contributed by atoms with Crippen LogP contribution in [0.2, 0.25) is 0 Å². The largest absolute Gasteiger partial charge is 0.378 e. The first-order chi connectivity index (χ1) is 11.7. The highest BCUT2D eigenvalue weighted by Gasteiger charge is 2.15. The van der Waals surface area contributed by atoms with Gasteiger partial charge in [0.05, 0.1) is 25.1 Å². The summed E-state index contributed by atoms with van der Waals surface area (Å²) in [6.07, 6.45) is 2.35. The summed E-state index contributed by atoms with van der Waals surface area (Å²) in [6, 6.07) is 13.7. The molecule has 7 heteroatoms. The summed E-state index contributed by atoms with van der Waals surface area (Å²) in [7, 11) is 0. The summed E-state index contributed by atoms with van der Waals surface area (Å²) in [6.45, 7) is 3.48. The molecule has 1 unspecified atom stereocenters. The average molecular weight is 347 g/mol. The van der Waals surface area contributed by atoms with Crippen molar-refractivity contribution in [2.45, 2.75) is 6.42 Å². The molecule has 24 heavy (non-hydrogen) atoms. The molecule has 0 amide bonds. The van der Waals surface area contributed by atoms with Crippen molar-refractivity contribution in [3.05, 3.63) is 54.2 Å². The number of aromatic nitrogens is 1. The molecule has 2 aromatic rings. The summed E-state index contributed by atoms with van der Waals surface area (Å²) in [4.78, 5) is 6.59. The van der Waals surface area contributed by atoms with Gasteiger partial charge in [-0.05, 0) is 24.1 Å². The van der Waals surface area contributed by atoms with Gasteiger partial charge < -0.3 is 9.64 Å². The lowest BCUT2D eigenvalue weighted by Gasteiger charge is -2.28. The maximum atomic E-state index is 11.7. The monoisotopic (exact) mass is 347 g/mol. The molecule has 1 aliphatic heterocycles. The van der Waals surface area contributed by atoms with Crippen LogP contribution >= 0.6 is 0 Å². The fourth-order valence-electron chi connectivity index (χ4n) is 2.68. The van der Waals surface area contributed by atoms with Gasteiger partial charge in [-0.25, -0.2) is 9.19 Å². The first-order valence-electron chi connectivity index (χ1n) is 7.95. The molecule has 1 atom stereocenters. The second-order valence-electron chi connectivity index (χ2n) is 5.54. The number of anilines is 2. The third kappa shape index (κ3) is 4.31. The highest BCUT2D eigenvalue weighted by molar-refractivity contribution is 7.80. The molecule has 0 radical (unpaired) electrons. The second kappa shape index (κ2) is 8.23. The molecule has 3 rings (SSSR count).